The summed E-state index contributed by atoms with van der Waals surface area (Å²) in [7, 11) is -1.90. The Bertz CT molecular complexity index is 503. The first kappa shape index (κ1) is 19.6. The van der Waals surface area contributed by atoms with Crippen LogP contribution in [-0.2, 0) is 28.9 Å². The molecular formula is C18H34N2O3Si. The Morgan fingerprint density at radius 1 is 1.25 bits per heavy atom. The fourth-order valence-electron chi connectivity index (χ4n) is 4.25. The summed E-state index contributed by atoms with van der Waals surface area (Å²) in [4.78, 5) is 4.37. The first-order valence-corrected chi connectivity index (χ1v) is 11.4. The van der Waals surface area contributed by atoms with Crippen LogP contribution in [0.1, 0.15) is 59.5 Å². The molecule has 2 rings (SSSR count). The maximum atomic E-state index is 9.57. The molecule has 1 aliphatic heterocycles. The minimum atomic E-state index is -1.90. The molecule has 0 aromatic carbocycles. The average Bonchev–Trinajstić information content (AvgIpc) is 2.84. The van der Waals surface area contributed by atoms with E-state index in [0.717, 1.165) is 25.3 Å². The summed E-state index contributed by atoms with van der Waals surface area (Å²) in [6, 6.07) is 0. The van der Waals surface area contributed by atoms with Crippen molar-refractivity contribution in [3.05, 3.63) is 17.7 Å². The summed E-state index contributed by atoms with van der Waals surface area (Å²) in [5, 5.41) is 9.57. The number of aliphatic hydroxyl groups excluding tert-OH is 1. The van der Waals surface area contributed by atoms with Crippen LogP contribution in [0, 0.1) is 0 Å². The Morgan fingerprint density at radius 2 is 1.83 bits per heavy atom. The zero-order chi connectivity index (χ0) is 17.9. The van der Waals surface area contributed by atoms with Gasteiger partial charge in [0.05, 0.1) is 31.1 Å². The van der Waals surface area contributed by atoms with Crippen molar-refractivity contribution >= 4 is 8.32 Å². The van der Waals surface area contributed by atoms with Crippen molar-refractivity contribution in [3.8, 4) is 0 Å². The van der Waals surface area contributed by atoms with Crippen LogP contribution in [0.2, 0.25) is 16.6 Å². The number of nitrogens with zero attached hydrogens (tertiary/aromatic N) is 2. The van der Waals surface area contributed by atoms with E-state index < -0.39 is 8.32 Å². The van der Waals surface area contributed by atoms with Crippen molar-refractivity contribution in [2.75, 3.05) is 6.61 Å². The predicted octanol–water partition coefficient (Wildman–Crippen LogP) is 3.86. The minimum Gasteiger partial charge on any atom is -0.410 e. The van der Waals surface area contributed by atoms with Crippen LogP contribution in [0.4, 0.5) is 0 Å². The SMILES string of the molecule is CC(C)[Si](OCc1cnc(CO)n1CC1CCO1)(C(C)C)C(C)C. The standard InChI is InChI=1S/C18H34N2O3Si/c1-13(2)24(14(3)4,15(5)6)23-12-16-9-19-18(11-21)20(16)10-17-7-8-22-17/h9,13-15,17,21H,7-8,10-12H2,1-6H3. The van der Waals surface area contributed by atoms with Gasteiger partial charge in [-0.25, -0.2) is 4.98 Å². The second-order valence-corrected chi connectivity index (χ2v) is 13.3. The summed E-state index contributed by atoms with van der Waals surface area (Å²) < 4.78 is 14.3. The van der Waals surface area contributed by atoms with E-state index in [1.807, 2.05) is 6.20 Å². The summed E-state index contributed by atoms with van der Waals surface area (Å²) in [5.74, 6) is 0.704. The molecule has 1 N–H and O–H groups in total. The number of aromatic nitrogens is 2. The van der Waals surface area contributed by atoms with E-state index in [1.165, 1.54) is 0 Å². The number of rotatable bonds is 9. The van der Waals surface area contributed by atoms with Gasteiger partial charge in [0.2, 0.25) is 8.32 Å². The normalized spacial score (nSPS) is 18.7. The van der Waals surface area contributed by atoms with Gasteiger partial charge >= 0.3 is 0 Å². The molecule has 1 fully saturated rings. The molecular weight excluding hydrogens is 320 g/mol. The quantitative estimate of drug-likeness (QED) is 0.684. The van der Waals surface area contributed by atoms with E-state index in [1.54, 1.807) is 0 Å². The molecule has 0 radical (unpaired) electrons. The molecule has 0 saturated carbocycles. The van der Waals surface area contributed by atoms with E-state index in [9.17, 15) is 5.11 Å². The highest BCUT2D eigenvalue weighted by Gasteiger charge is 2.45. The van der Waals surface area contributed by atoms with E-state index >= 15 is 0 Å². The number of aliphatic hydroxyl groups is 1. The third-order valence-corrected chi connectivity index (χ3v) is 11.6. The number of ether oxygens (including phenoxy) is 1. The van der Waals surface area contributed by atoms with E-state index in [-0.39, 0.29) is 12.7 Å². The summed E-state index contributed by atoms with van der Waals surface area (Å²) >= 11 is 0. The first-order valence-electron chi connectivity index (χ1n) is 9.22. The third kappa shape index (κ3) is 3.77. The fourth-order valence-corrected chi connectivity index (χ4v) is 9.65. The molecule has 1 aromatic heterocycles. The molecule has 2 heterocycles. The molecule has 1 aromatic rings. The van der Waals surface area contributed by atoms with Gasteiger partial charge in [0.1, 0.15) is 12.4 Å². The van der Waals surface area contributed by atoms with Gasteiger partial charge in [-0.2, -0.15) is 0 Å². The highest BCUT2D eigenvalue weighted by molar-refractivity contribution is 6.77. The largest absolute Gasteiger partial charge is 0.410 e. The van der Waals surface area contributed by atoms with Crippen molar-refractivity contribution in [1.29, 1.82) is 0 Å². The molecule has 0 spiro atoms. The van der Waals surface area contributed by atoms with E-state index in [0.29, 0.717) is 29.1 Å². The molecule has 138 valence electrons. The molecule has 0 bridgehead atoms. The summed E-state index contributed by atoms with van der Waals surface area (Å²) in [6.07, 6.45) is 3.17. The molecule has 0 amide bonds. The van der Waals surface area contributed by atoms with E-state index in [4.69, 9.17) is 9.16 Å². The van der Waals surface area contributed by atoms with Gasteiger partial charge in [-0.3, -0.25) is 0 Å². The van der Waals surface area contributed by atoms with Crippen molar-refractivity contribution in [1.82, 2.24) is 9.55 Å². The highest BCUT2D eigenvalue weighted by atomic mass is 28.4. The Labute approximate surface area is 147 Å². The van der Waals surface area contributed by atoms with Crippen LogP contribution in [0.25, 0.3) is 0 Å². The zero-order valence-corrected chi connectivity index (χ0v) is 17.1. The Balaban J connectivity index is 2.18. The van der Waals surface area contributed by atoms with Crippen LogP contribution in [-0.4, -0.2) is 35.7 Å². The molecule has 1 saturated heterocycles. The van der Waals surface area contributed by atoms with Gasteiger partial charge in [-0.05, 0) is 23.0 Å². The average molecular weight is 355 g/mol. The number of hydrogen-bond acceptors (Lipinski definition) is 4. The van der Waals surface area contributed by atoms with Gasteiger partial charge in [0, 0.05) is 6.61 Å². The van der Waals surface area contributed by atoms with Crippen molar-refractivity contribution in [2.24, 2.45) is 0 Å². The van der Waals surface area contributed by atoms with E-state index in [2.05, 4.69) is 51.1 Å². The summed E-state index contributed by atoms with van der Waals surface area (Å²) in [5.41, 5.74) is 2.72. The van der Waals surface area contributed by atoms with Crippen molar-refractivity contribution in [3.63, 3.8) is 0 Å². The lowest BCUT2D eigenvalue weighted by Gasteiger charge is -2.42. The number of hydrogen-bond donors (Lipinski definition) is 1. The Hall–Kier alpha value is -0.693. The maximum absolute atomic E-state index is 9.57. The van der Waals surface area contributed by atoms with Gasteiger partial charge in [0.25, 0.3) is 0 Å². The van der Waals surface area contributed by atoms with Gasteiger partial charge in [-0.15, -0.1) is 0 Å². The van der Waals surface area contributed by atoms with Crippen LogP contribution < -0.4 is 0 Å². The van der Waals surface area contributed by atoms with Crippen LogP contribution >= 0.6 is 0 Å². The Kier molecular flexibility index (Phi) is 6.64. The number of imidazole rings is 1. The van der Waals surface area contributed by atoms with Crippen molar-refractivity contribution < 1.29 is 14.3 Å². The monoisotopic (exact) mass is 354 g/mol. The molecule has 24 heavy (non-hydrogen) atoms. The maximum Gasteiger partial charge on any atom is 0.200 e. The summed E-state index contributed by atoms with van der Waals surface area (Å²) in [6.45, 7) is 15.9. The molecule has 1 atom stereocenters. The minimum absolute atomic E-state index is 0.0478. The zero-order valence-electron chi connectivity index (χ0n) is 16.1. The predicted molar refractivity (Wildman–Crippen MR) is 98.3 cm³/mol. The lowest BCUT2D eigenvalue weighted by molar-refractivity contribution is -0.0604. The second-order valence-electron chi connectivity index (χ2n) is 7.82. The fraction of sp³-hybridized carbons (Fsp3) is 0.833. The molecule has 1 unspecified atom stereocenters. The second kappa shape index (κ2) is 8.12. The highest BCUT2D eigenvalue weighted by Crippen LogP contribution is 2.42. The van der Waals surface area contributed by atoms with Gasteiger partial charge < -0.3 is 18.8 Å². The Morgan fingerprint density at radius 3 is 2.25 bits per heavy atom. The lowest BCUT2D eigenvalue weighted by Crippen LogP contribution is -2.47. The lowest BCUT2D eigenvalue weighted by atomic mass is 10.2. The molecule has 1 aliphatic rings. The van der Waals surface area contributed by atoms with Gasteiger partial charge in [-0.1, -0.05) is 41.5 Å². The van der Waals surface area contributed by atoms with Crippen molar-refractivity contribution in [2.45, 2.75) is 90.4 Å². The molecule has 6 heteroatoms. The molecule has 5 nitrogen and oxygen atoms in total. The third-order valence-electron chi connectivity index (χ3n) is 5.52. The van der Waals surface area contributed by atoms with Crippen LogP contribution in [0.5, 0.6) is 0 Å². The van der Waals surface area contributed by atoms with Crippen LogP contribution in [0.3, 0.4) is 0 Å². The smallest absolute Gasteiger partial charge is 0.200 e. The topological polar surface area (TPSA) is 56.5 Å². The first-order chi connectivity index (χ1) is 11.3. The van der Waals surface area contributed by atoms with Gasteiger partial charge in [0.15, 0.2) is 0 Å². The van der Waals surface area contributed by atoms with Crippen LogP contribution in [0.15, 0.2) is 6.20 Å². The molecule has 0 aliphatic carbocycles.